The van der Waals surface area contributed by atoms with Gasteiger partial charge in [0.15, 0.2) is 0 Å². The van der Waals surface area contributed by atoms with Crippen molar-refractivity contribution in [2.24, 2.45) is 5.92 Å². The standard InChI is InChI=1S/C8H14F2O/c1-4-7-5(2)8(9,10)6(3)11-7/h5-7H,4H2,1-3H3/t5-,6?,7-/m1/s1. The van der Waals surface area contributed by atoms with Gasteiger partial charge in [-0.25, -0.2) is 8.78 Å². The van der Waals surface area contributed by atoms with Crippen molar-refractivity contribution < 1.29 is 13.5 Å². The van der Waals surface area contributed by atoms with Crippen molar-refractivity contribution in [3.63, 3.8) is 0 Å². The van der Waals surface area contributed by atoms with E-state index < -0.39 is 17.9 Å². The van der Waals surface area contributed by atoms with E-state index in [0.717, 1.165) is 0 Å². The summed E-state index contributed by atoms with van der Waals surface area (Å²) in [5.41, 5.74) is 0. The molecule has 1 unspecified atom stereocenters. The lowest BCUT2D eigenvalue weighted by Crippen LogP contribution is -2.31. The lowest BCUT2D eigenvalue weighted by atomic mass is 9.96. The quantitative estimate of drug-likeness (QED) is 0.578. The molecule has 11 heavy (non-hydrogen) atoms. The Morgan fingerprint density at radius 3 is 2.09 bits per heavy atom. The van der Waals surface area contributed by atoms with Crippen LogP contribution in [0.15, 0.2) is 0 Å². The number of ether oxygens (including phenoxy) is 1. The van der Waals surface area contributed by atoms with Crippen LogP contribution < -0.4 is 0 Å². The maximum atomic E-state index is 13.0. The molecular formula is C8H14F2O. The van der Waals surface area contributed by atoms with Crippen LogP contribution in [0, 0.1) is 5.92 Å². The predicted octanol–water partition coefficient (Wildman–Crippen LogP) is 2.46. The van der Waals surface area contributed by atoms with Gasteiger partial charge in [0.25, 0.3) is 5.92 Å². The molecule has 0 aromatic heterocycles. The smallest absolute Gasteiger partial charge is 0.278 e. The third-order valence-electron chi connectivity index (χ3n) is 2.49. The van der Waals surface area contributed by atoms with Crippen molar-refractivity contribution in [3.8, 4) is 0 Å². The molecule has 0 aliphatic carbocycles. The molecule has 66 valence electrons. The van der Waals surface area contributed by atoms with Crippen molar-refractivity contribution in [1.29, 1.82) is 0 Å². The first-order valence-electron chi connectivity index (χ1n) is 4.03. The second kappa shape index (κ2) is 2.70. The van der Waals surface area contributed by atoms with Crippen LogP contribution in [-0.2, 0) is 4.74 Å². The fourth-order valence-corrected chi connectivity index (χ4v) is 1.54. The summed E-state index contributed by atoms with van der Waals surface area (Å²) < 4.78 is 31.2. The van der Waals surface area contributed by atoms with E-state index in [0.29, 0.717) is 6.42 Å². The molecule has 1 saturated heterocycles. The van der Waals surface area contributed by atoms with Gasteiger partial charge in [-0.15, -0.1) is 0 Å². The maximum absolute atomic E-state index is 13.0. The highest BCUT2D eigenvalue weighted by molar-refractivity contribution is 4.91. The van der Waals surface area contributed by atoms with E-state index in [-0.39, 0.29) is 6.10 Å². The Balaban J connectivity index is 2.71. The number of halogens is 2. The molecule has 0 spiro atoms. The SMILES string of the molecule is CC[C@H]1OC(C)C(F)(F)[C@@H]1C. The lowest BCUT2D eigenvalue weighted by molar-refractivity contribution is -0.0770. The highest BCUT2D eigenvalue weighted by atomic mass is 19.3. The van der Waals surface area contributed by atoms with Gasteiger partial charge in [0.1, 0.15) is 6.10 Å². The van der Waals surface area contributed by atoms with Gasteiger partial charge in [0.05, 0.1) is 6.10 Å². The summed E-state index contributed by atoms with van der Waals surface area (Å²) in [4.78, 5) is 0. The second-order valence-electron chi connectivity index (χ2n) is 3.19. The zero-order valence-corrected chi connectivity index (χ0v) is 7.10. The monoisotopic (exact) mass is 164 g/mol. The number of hydrogen-bond donors (Lipinski definition) is 0. The van der Waals surface area contributed by atoms with Crippen LogP contribution in [0.1, 0.15) is 27.2 Å². The molecular weight excluding hydrogens is 150 g/mol. The third kappa shape index (κ3) is 1.26. The van der Waals surface area contributed by atoms with E-state index >= 15 is 0 Å². The summed E-state index contributed by atoms with van der Waals surface area (Å²) >= 11 is 0. The van der Waals surface area contributed by atoms with E-state index in [4.69, 9.17) is 4.74 Å². The first-order chi connectivity index (χ1) is 5.00. The summed E-state index contributed by atoms with van der Waals surface area (Å²) in [5, 5.41) is 0. The molecule has 0 N–H and O–H groups in total. The Labute approximate surface area is 65.7 Å². The minimum atomic E-state index is -2.64. The van der Waals surface area contributed by atoms with E-state index in [1.165, 1.54) is 6.92 Å². The Hall–Kier alpha value is -0.180. The molecule has 0 saturated carbocycles. The molecule has 1 nitrogen and oxygen atoms in total. The van der Waals surface area contributed by atoms with Gasteiger partial charge < -0.3 is 4.74 Å². The number of alkyl halides is 2. The second-order valence-corrected chi connectivity index (χ2v) is 3.19. The molecule has 1 aliphatic rings. The van der Waals surface area contributed by atoms with Gasteiger partial charge >= 0.3 is 0 Å². The zero-order chi connectivity index (χ0) is 8.65. The third-order valence-corrected chi connectivity index (χ3v) is 2.49. The molecule has 3 heteroatoms. The Morgan fingerprint density at radius 1 is 1.36 bits per heavy atom. The van der Waals surface area contributed by atoms with Crippen molar-refractivity contribution in [2.45, 2.75) is 45.3 Å². The average molecular weight is 164 g/mol. The number of hydrogen-bond acceptors (Lipinski definition) is 1. The summed E-state index contributed by atoms with van der Waals surface area (Å²) in [5.74, 6) is -3.27. The van der Waals surface area contributed by atoms with Gasteiger partial charge in [-0.3, -0.25) is 0 Å². The van der Waals surface area contributed by atoms with Crippen LogP contribution in [0.4, 0.5) is 8.78 Å². The van der Waals surface area contributed by atoms with Crippen LogP contribution in [0.5, 0.6) is 0 Å². The highest BCUT2D eigenvalue weighted by Crippen LogP contribution is 2.41. The largest absolute Gasteiger partial charge is 0.369 e. The summed E-state index contributed by atoms with van der Waals surface area (Å²) in [6.07, 6.45) is -0.511. The topological polar surface area (TPSA) is 9.23 Å². The zero-order valence-electron chi connectivity index (χ0n) is 7.10. The predicted molar refractivity (Wildman–Crippen MR) is 38.7 cm³/mol. The fraction of sp³-hybridized carbons (Fsp3) is 1.00. The van der Waals surface area contributed by atoms with E-state index in [1.54, 1.807) is 6.92 Å². The molecule has 0 aromatic carbocycles. The van der Waals surface area contributed by atoms with Crippen molar-refractivity contribution >= 4 is 0 Å². The molecule has 0 aromatic rings. The molecule has 1 heterocycles. The first kappa shape index (κ1) is 8.91. The molecule has 0 radical (unpaired) electrons. The molecule has 1 rings (SSSR count). The van der Waals surface area contributed by atoms with Crippen molar-refractivity contribution in [3.05, 3.63) is 0 Å². The van der Waals surface area contributed by atoms with E-state index in [9.17, 15) is 8.78 Å². The van der Waals surface area contributed by atoms with Gasteiger partial charge in [-0.2, -0.15) is 0 Å². The molecule has 3 atom stereocenters. The average Bonchev–Trinajstić information content (AvgIpc) is 2.14. The van der Waals surface area contributed by atoms with Gasteiger partial charge in [-0.05, 0) is 13.3 Å². The summed E-state index contributed by atoms with van der Waals surface area (Å²) in [6, 6.07) is 0. The highest BCUT2D eigenvalue weighted by Gasteiger charge is 2.53. The van der Waals surface area contributed by atoms with Gasteiger partial charge in [-0.1, -0.05) is 13.8 Å². The molecule has 0 bridgehead atoms. The minimum Gasteiger partial charge on any atom is -0.369 e. The maximum Gasteiger partial charge on any atom is 0.278 e. The van der Waals surface area contributed by atoms with Crippen LogP contribution in [0.25, 0.3) is 0 Å². The van der Waals surface area contributed by atoms with Crippen LogP contribution in [0.2, 0.25) is 0 Å². The van der Waals surface area contributed by atoms with Crippen molar-refractivity contribution in [1.82, 2.24) is 0 Å². The van der Waals surface area contributed by atoms with Crippen LogP contribution in [0.3, 0.4) is 0 Å². The number of rotatable bonds is 1. The molecule has 1 aliphatic heterocycles. The Morgan fingerprint density at radius 2 is 1.91 bits per heavy atom. The molecule has 0 amide bonds. The van der Waals surface area contributed by atoms with Crippen LogP contribution in [-0.4, -0.2) is 18.1 Å². The lowest BCUT2D eigenvalue weighted by Gasteiger charge is -2.17. The van der Waals surface area contributed by atoms with E-state index in [2.05, 4.69) is 0 Å². The Bertz CT molecular complexity index is 147. The van der Waals surface area contributed by atoms with Gasteiger partial charge in [0, 0.05) is 5.92 Å². The van der Waals surface area contributed by atoms with Crippen LogP contribution >= 0.6 is 0 Å². The normalized spacial score (nSPS) is 42.8. The van der Waals surface area contributed by atoms with E-state index in [1.807, 2.05) is 6.92 Å². The minimum absolute atomic E-state index is 0.264. The molecule has 1 fully saturated rings. The first-order valence-corrected chi connectivity index (χ1v) is 4.03. The summed E-state index contributed by atoms with van der Waals surface area (Å²) in [6.45, 7) is 4.86. The fourth-order valence-electron chi connectivity index (χ4n) is 1.54. The summed E-state index contributed by atoms with van der Waals surface area (Å²) in [7, 11) is 0. The Kier molecular flexibility index (Phi) is 2.19. The van der Waals surface area contributed by atoms with Gasteiger partial charge in [0.2, 0.25) is 0 Å². The van der Waals surface area contributed by atoms with Crippen molar-refractivity contribution in [2.75, 3.05) is 0 Å².